The first-order chi connectivity index (χ1) is 4.77. The SMILES string of the molecule is CC(=O)CCC/C=N/C=N. The van der Waals surface area contributed by atoms with Crippen LogP contribution in [0.2, 0.25) is 0 Å². The molecule has 10 heavy (non-hydrogen) atoms. The van der Waals surface area contributed by atoms with Crippen LogP contribution in [0.25, 0.3) is 0 Å². The monoisotopic (exact) mass is 140 g/mol. The van der Waals surface area contributed by atoms with Gasteiger partial charge in [-0.1, -0.05) is 0 Å². The van der Waals surface area contributed by atoms with E-state index in [2.05, 4.69) is 4.99 Å². The third kappa shape index (κ3) is 7.01. The van der Waals surface area contributed by atoms with E-state index in [4.69, 9.17) is 5.41 Å². The van der Waals surface area contributed by atoms with Gasteiger partial charge in [0.2, 0.25) is 0 Å². The molecule has 0 fully saturated rings. The van der Waals surface area contributed by atoms with Crippen molar-refractivity contribution in [1.82, 2.24) is 0 Å². The van der Waals surface area contributed by atoms with Crippen molar-refractivity contribution in [3.05, 3.63) is 0 Å². The highest BCUT2D eigenvalue weighted by Gasteiger charge is 1.89. The quantitative estimate of drug-likeness (QED) is 0.350. The number of Topliss-reactive ketones (excluding diaryl/α,β-unsaturated/α-hetero) is 1. The maximum absolute atomic E-state index is 10.4. The van der Waals surface area contributed by atoms with Gasteiger partial charge in [0, 0.05) is 12.6 Å². The van der Waals surface area contributed by atoms with Crippen LogP contribution >= 0.6 is 0 Å². The van der Waals surface area contributed by atoms with Gasteiger partial charge in [-0.05, 0) is 19.8 Å². The minimum absolute atomic E-state index is 0.211. The van der Waals surface area contributed by atoms with Crippen molar-refractivity contribution in [3.8, 4) is 0 Å². The summed E-state index contributed by atoms with van der Waals surface area (Å²) in [5.41, 5.74) is 0. The van der Waals surface area contributed by atoms with Gasteiger partial charge in [-0.25, -0.2) is 4.99 Å². The summed E-state index contributed by atoms with van der Waals surface area (Å²) < 4.78 is 0. The Labute approximate surface area is 60.7 Å². The standard InChI is InChI=1S/C7H12N2O/c1-7(10)4-2-3-5-9-6-8/h5-6,8H,2-4H2,1H3/b8-6?,9-5+. The van der Waals surface area contributed by atoms with Crippen molar-refractivity contribution in [2.24, 2.45) is 4.99 Å². The molecule has 0 aliphatic heterocycles. The molecule has 0 aliphatic rings. The van der Waals surface area contributed by atoms with Crippen LogP contribution in [0, 0.1) is 5.41 Å². The van der Waals surface area contributed by atoms with Gasteiger partial charge in [0.05, 0.1) is 0 Å². The van der Waals surface area contributed by atoms with Gasteiger partial charge in [-0.15, -0.1) is 0 Å². The molecule has 0 aromatic rings. The topological polar surface area (TPSA) is 53.3 Å². The molecule has 0 aromatic heterocycles. The zero-order chi connectivity index (χ0) is 7.82. The molecule has 1 N–H and O–H groups in total. The van der Waals surface area contributed by atoms with Crippen LogP contribution in [-0.4, -0.2) is 18.3 Å². The molecule has 3 heteroatoms. The van der Waals surface area contributed by atoms with E-state index >= 15 is 0 Å². The molecular weight excluding hydrogens is 128 g/mol. The molecule has 3 nitrogen and oxygen atoms in total. The molecule has 0 saturated carbocycles. The maximum Gasteiger partial charge on any atom is 0.129 e. The second-order valence-electron chi connectivity index (χ2n) is 2.05. The lowest BCUT2D eigenvalue weighted by Gasteiger charge is -1.88. The molecule has 0 spiro atoms. The lowest BCUT2D eigenvalue weighted by molar-refractivity contribution is -0.117. The average molecular weight is 140 g/mol. The fraction of sp³-hybridized carbons (Fsp3) is 0.571. The Hall–Kier alpha value is -0.990. The predicted octanol–water partition coefficient (Wildman–Crippen LogP) is 1.42. The highest BCUT2D eigenvalue weighted by Crippen LogP contribution is 1.92. The Bertz CT molecular complexity index is 141. The number of unbranched alkanes of at least 4 members (excludes halogenated alkanes) is 1. The zero-order valence-corrected chi connectivity index (χ0v) is 6.13. The van der Waals surface area contributed by atoms with Crippen molar-refractivity contribution in [2.75, 3.05) is 0 Å². The second kappa shape index (κ2) is 6.13. The number of rotatable bonds is 5. The first kappa shape index (κ1) is 9.01. The highest BCUT2D eigenvalue weighted by atomic mass is 16.1. The van der Waals surface area contributed by atoms with Crippen LogP contribution in [0.3, 0.4) is 0 Å². The molecule has 56 valence electrons. The van der Waals surface area contributed by atoms with Crippen LogP contribution in [0.15, 0.2) is 4.99 Å². The Kier molecular flexibility index (Phi) is 5.53. The van der Waals surface area contributed by atoms with Gasteiger partial charge in [0.15, 0.2) is 0 Å². The predicted molar refractivity (Wildman–Crippen MR) is 41.8 cm³/mol. The molecular formula is C7H12N2O. The van der Waals surface area contributed by atoms with Crippen LogP contribution in [0.5, 0.6) is 0 Å². The smallest absolute Gasteiger partial charge is 0.129 e. The molecule has 0 bridgehead atoms. The zero-order valence-electron chi connectivity index (χ0n) is 6.13. The summed E-state index contributed by atoms with van der Waals surface area (Å²) in [6, 6.07) is 0. The van der Waals surface area contributed by atoms with E-state index < -0.39 is 0 Å². The number of hydrogen-bond acceptors (Lipinski definition) is 2. The van der Waals surface area contributed by atoms with E-state index in [0.717, 1.165) is 19.2 Å². The van der Waals surface area contributed by atoms with E-state index in [-0.39, 0.29) is 5.78 Å². The first-order valence-corrected chi connectivity index (χ1v) is 3.27. The molecule has 0 radical (unpaired) electrons. The molecule has 0 saturated heterocycles. The Balaban J connectivity index is 3.12. The molecule has 0 unspecified atom stereocenters. The summed E-state index contributed by atoms with van der Waals surface area (Å²) in [6.45, 7) is 1.58. The molecule has 0 heterocycles. The maximum atomic E-state index is 10.4. The largest absolute Gasteiger partial charge is 0.300 e. The molecule has 0 rings (SSSR count). The average Bonchev–Trinajstić information content (AvgIpc) is 1.87. The van der Waals surface area contributed by atoms with Crippen molar-refractivity contribution in [3.63, 3.8) is 0 Å². The van der Waals surface area contributed by atoms with Gasteiger partial charge in [0.1, 0.15) is 12.1 Å². The summed E-state index contributed by atoms with van der Waals surface area (Å²) in [6.07, 6.45) is 4.88. The number of nitrogens with one attached hydrogen (secondary N) is 1. The highest BCUT2D eigenvalue weighted by molar-refractivity contribution is 5.76. The van der Waals surface area contributed by atoms with Crippen LogP contribution in [-0.2, 0) is 4.79 Å². The lowest BCUT2D eigenvalue weighted by atomic mass is 10.2. The number of ketones is 1. The number of carbonyl (C=O) groups is 1. The minimum Gasteiger partial charge on any atom is -0.300 e. The second-order valence-corrected chi connectivity index (χ2v) is 2.05. The number of nitrogens with zero attached hydrogens (tertiary/aromatic N) is 1. The minimum atomic E-state index is 0.211. The molecule has 0 atom stereocenters. The van der Waals surface area contributed by atoms with Gasteiger partial charge in [-0.3, -0.25) is 5.41 Å². The summed E-state index contributed by atoms with van der Waals surface area (Å²) in [5, 5.41) is 6.53. The van der Waals surface area contributed by atoms with E-state index in [1.807, 2.05) is 0 Å². The Morgan fingerprint density at radius 3 is 2.90 bits per heavy atom. The van der Waals surface area contributed by atoms with Crippen LogP contribution in [0.4, 0.5) is 0 Å². The van der Waals surface area contributed by atoms with E-state index in [0.29, 0.717) is 6.42 Å². The van der Waals surface area contributed by atoms with Gasteiger partial charge < -0.3 is 4.79 Å². The van der Waals surface area contributed by atoms with Crippen LogP contribution in [0.1, 0.15) is 26.2 Å². The fourth-order valence-corrected chi connectivity index (χ4v) is 0.570. The summed E-state index contributed by atoms with van der Waals surface area (Å²) >= 11 is 0. The van der Waals surface area contributed by atoms with Crippen molar-refractivity contribution >= 4 is 18.3 Å². The van der Waals surface area contributed by atoms with Gasteiger partial charge >= 0.3 is 0 Å². The van der Waals surface area contributed by atoms with E-state index in [9.17, 15) is 4.79 Å². The number of carbonyl (C=O) groups excluding carboxylic acids is 1. The molecule has 0 amide bonds. The molecule has 0 aromatic carbocycles. The van der Waals surface area contributed by atoms with Crippen molar-refractivity contribution in [1.29, 1.82) is 5.41 Å². The number of aliphatic imine (C=N–C) groups is 1. The molecule has 0 aliphatic carbocycles. The van der Waals surface area contributed by atoms with Gasteiger partial charge in [0.25, 0.3) is 0 Å². The normalized spacial score (nSPS) is 10.1. The van der Waals surface area contributed by atoms with Crippen LogP contribution < -0.4 is 0 Å². The third-order valence-corrected chi connectivity index (χ3v) is 1.04. The summed E-state index contributed by atoms with van der Waals surface area (Å²) in [4.78, 5) is 14.0. The van der Waals surface area contributed by atoms with Crippen molar-refractivity contribution in [2.45, 2.75) is 26.2 Å². The fourth-order valence-electron chi connectivity index (χ4n) is 0.570. The summed E-state index contributed by atoms with van der Waals surface area (Å²) in [5.74, 6) is 0.211. The van der Waals surface area contributed by atoms with E-state index in [1.165, 1.54) is 0 Å². The van der Waals surface area contributed by atoms with Crippen molar-refractivity contribution < 1.29 is 4.79 Å². The third-order valence-electron chi connectivity index (χ3n) is 1.04. The first-order valence-electron chi connectivity index (χ1n) is 3.27. The van der Waals surface area contributed by atoms with Gasteiger partial charge in [-0.2, -0.15) is 0 Å². The lowest BCUT2D eigenvalue weighted by Crippen LogP contribution is -1.89. The summed E-state index contributed by atoms with van der Waals surface area (Å²) in [7, 11) is 0. The van der Waals surface area contributed by atoms with E-state index in [1.54, 1.807) is 13.1 Å². The Morgan fingerprint density at radius 2 is 2.40 bits per heavy atom. The number of hydrogen-bond donors (Lipinski definition) is 1. The Morgan fingerprint density at radius 1 is 1.70 bits per heavy atom.